The largest absolute Gasteiger partial charge is 0.481 e. The topological polar surface area (TPSA) is 50.4 Å². The van der Waals surface area contributed by atoms with Gasteiger partial charge in [0.15, 0.2) is 6.10 Å². The van der Waals surface area contributed by atoms with Crippen LogP contribution in [0.2, 0.25) is 0 Å². The van der Waals surface area contributed by atoms with Gasteiger partial charge in [0.05, 0.1) is 0 Å². The molecule has 1 amide bonds. The minimum absolute atomic E-state index is 0.0314. The number of ether oxygens (including phenoxy) is 1. The van der Waals surface area contributed by atoms with Crippen molar-refractivity contribution in [2.45, 2.75) is 51.8 Å². The number of amides is 1. The number of carbonyl (C=O) groups is 1. The lowest BCUT2D eigenvalue weighted by molar-refractivity contribution is -0.127. The predicted octanol–water partition coefficient (Wildman–Crippen LogP) is 2.32. The molecule has 1 aromatic carbocycles. The lowest BCUT2D eigenvalue weighted by Crippen LogP contribution is -2.37. The van der Waals surface area contributed by atoms with Crippen LogP contribution in [0.5, 0.6) is 5.75 Å². The van der Waals surface area contributed by atoms with Gasteiger partial charge < -0.3 is 15.4 Å². The molecule has 0 radical (unpaired) electrons. The van der Waals surface area contributed by atoms with E-state index < -0.39 is 6.10 Å². The van der Waals surface area contributed by atoms with Gasteiger partial charge in [-0.2, -0.15) is 0 Å². The maximum atomic E-state index is 12.0. The van der Waals surface area contributed by atoms with Gasteiger partial charge >= 0.3 is 0 Å². The standard InChI is InChI=1S/C16H24N2O2/c1-10-5-8-15(14(9-10)11(2)17-4)20-12(3)16(19)18-13-6-7-13/h5,8-9,11-13,17H,6-7H2,1-4H3,(H,18,19). The summed E-state index contributed by atoms with van der Waals surface area (Å²) in [4.78, 5) is 12.0. The molecule has 4 heteroatoms. The van der Waals surface area contributed by atoms with Gasteiger partial charge in [-0.15, -0.1) is 0 Å². The maximum Gasteiger partial charge on any atom is 0.260 e. The molecule has 0 aromatic heterocycles. The van der Waals surface area contributed by atoms with Gasteiger partial charge in [-0.05, 0) is 46.7 Å². The van der Waals surface area contributed by atoms with Crippen molar-refractivity contribution in [3.63, 3.8) is 0 Å². The molecular formula is C16H24N2O2. The quantitative estimate of drug-likeness (QED) is 0.838. The summed E-state index contributed by atoms with van der Waals surface area (Å²) in [6.45, 7) is 5.93. The molecule has 2 N–H and O–H groups in total. The number of carbonyl (C=O) groups excluding carboxylic acids is 1. The van der Waals surface area contributed by atoms with Gasteiger partial charge in [0.2, 0.25) is 0 Å². The SMILES string of the molecule is CNC(C)c1cc(C)ccc1OC(C)C(=O)NC1CC1. The fourth-order valence-corrected chi connectivity index (χ4v) is 2.06. The Balaban J connectivity index is 2.08. The van der Waals surface area contributed by atoms with Crippen LogP contribution in [0.3, 0.4) is 0 Å². The summed E-state index contributed by atoms with van der Waals surface area (Å²) in [5.41, 5.74) is 2.27. The Morgan fingerprint density at radius 3 is 2.65 bits per heavy atom. The normalized spacial score (nSPS) is 17.4. The second kappa shape index (κ2) is 6.27. The molecule has 20 heavy (non-hydrogen) atoms. The molecular weight excluding hydrogens is 252 g/mol. The molecule has 2 unspecified atom stereocenters. The van der Waals surface area contributed by atoms with Gasteiger partial charge in [-0.25, -0.2) is 0 Å². The smallest absolute Gasteiger partial charge is 0.260 e. The average Bonchev–Trinajstić information content (AvgIpc) is 3.23. The van der Waals surface area contributed by atoms with E-state index in [1.54, 1.807) is 6.92 Å². The van der Waals surface area contributed by atoms with E-state index in [1.165, 1.54) is 5.56 Å². The predicted molar refractivity (Wildman–Crippen MR) is 79.9 cm³/mol. The van der Waals surface area contributed by atoms with Crippen molar-refractivity contribution in [3.05, 3.63) is 29.3 Å². The number of hydrogen-bond donors (Lipinski definition) is 2. The first kappa shape index (κ1) is 14.9. The summed E-state index contributed by atoms with van der Waals surface area (Å²) in [7, 11) is 1.92. The van der Waals surface area contributed by atoms with Crippen molar-refractivity contribution >= 4 is 5.91 Å². The van der Waals surface area contributed by atoms with Crippen molar-refractivity contribution in [3.8, 4) is 5.75 Å². The van der Waals surface area contributed by atoms with E-state index in [2.05, 4.69) is 30.5 Å². The number of aryl methyl sites for hydroxylation is 1. The third kappa shape index (κ3) is 3.73. The first-order valence-corrected chi connectivity index (χ1v) is 7.26. The molecule has 0 aliphatic heterocycles. The second-order valence-electron chi connectivity index (χ2n) is 5.59. The molecule has 1 aromatic rings. The third-order valence-electron chi connectivity index (χ3n) is 3.66. The lowest BCUT2D eigenvalue weighted by atomic mass is 10.0. The van der Waals surface area contributed by atoms with Gasteiger partial charge in [0.25, 0.3) is 5.91 Å². The van der Waals surface area contributed by atoms with Crippen LogP contribution in [0.4, 0.5) is 0 Å². The minimum Gasteiger partial charge on any atom is -0.481 e. The van der Waals surface area contributed by atoms with Crippen molar-refractivity contribution < 1.29 is 9.53 Å². The molecule has 2 rings (SSSR count). The molecule has 0 heterocycles. The van der Waals surface area contributed by atoms with E-state index in [4.69, 9.17) is 4.74 Å². The molecule has 110 valence electrons. The molecule has 4 nitrogen and oxygen atoms in total. The maximum absolute atomic E-state index is 12.0. The fourth-order valence-electron chi connectivity index (χ4n) is 2.06. The van der Waals surface area contributed by atoms with Gasteiger partial charge in [-0.1, -0.05) is 17.7 Å². The molecule has 1 fully saturated rings. The van der Waals surface area contributed by atoms with E-state index in [0.717, 1.165) is 24.2 Å². The molecule has 2 atom stereocenters. The van der Waals surface area contributed by atoms with Crippen LogP contribution in [-0.4, -0.2) is 25.1 Å². The summed E-state index contributed by atoms with van der Waals surface area (Å²) < 4.78 is 5.86. The van der Waals surface area contributed by atoms with Crippen LogP contribution in [0.25, 0.3) is 0 Å². The number of hydrogen-bond acceptors (Lipinski definition) is 3. The second-order valence-corrected chi connectivity index (χ2v) is 5.59. The first-order valence-electron chi connectivity index (χ1n) is 7.26. The van der Waals surface area contributed by atoms with E-state index in [9.17, 15) is 4.79 Å². The highest BCUT2D eigenvalue weighted by molar-refractivity contribution is 5.81. The van der Waals surface area contributed by atoms with E-state index >= 15 is 0 Å². The number of benzene rings is 1. The third-order valence-corrected chi connectivity index (χ3v) is 3.66. The Morgan fingerprint density at radius 2 is 2.05 bits per heavy atom. The zero-order chi connectivity index (χ0) is 14.7. The zero-order valence-electron chi connectivity index (χ0n) is 12.7. The van der Waals surface area contributed by atoms with Gasteiger partial charge in [-0.3, -0.25) is 4.79 Å². The molecule has 0 bridgehead atoms. The fraction of sp³-hybridized carbons (Fsp3) is 0.562. The Hall–Kier alpha value is -1.55. The highest BCUT2D eigenvalue weighted by Gasteiger charge is 2.26. The number of rotatable bonds is 6. The first-order chi connectivity index (χ1) is 9.51. The molecule has 0 spiro atoms. The van der Waals surface area contributed by atoms with Gasteiger partial charge in [0.1, 0.15) is 5.75 Å². The summed E-state index contributed by atoms with van der Waals surface area (Å²) in [5.74, 6) is 0.743. The number of nitrogens with one attached hydrogen (secondary N) is 2. The average molecular weight is 276 g/mol. The molecule has 1 aliphatic rings. The molecule has 1 saturated carbocycles. The molecule has 0 saturated heterocycles. The Kier molecular flexibility index (Phi) is 4.65. The summed E-state index contributed by atoms with van der Waals surface area (Å²) in [6.07, 6.45) is 1.71. The highest BCUT2D eigenvalue weighted by atomic mass is 16.5. The Morgan fingerprint density at radius 1 is 1.35 bits per heavy atom. The van der Waals surface area contributed by atoms with Crippen molar-refractivity contribution in [1.29, 1.82) is 0 Å². The Bertz CT molecular complexity index is 483. The van der Waals surface area contributed by atoms with Crippen LogP contribution in [-0.2, 0) is 4.79 Å². The van der Waals surface area contributed by atoms with Gasteiger partial charge in [0, 0.05) is 17.6 Å². The van der Waals surface area contributed by atoms with Crippen molar-refractivity contribution in [2.75, 3.05) is 7.05 Å². The summed E-state index contributed by atoms with van der Waals surface area (Å²) in [5, 5.41) is 6.18. The van der Waals surface area contributed by atoms with E-state index in [0.29, 0.717) is 6.04 Å². The molecule has 1 aliphatic carbocycles. The van der Waals surface area contributed by atoms with Crippen molar-refractivity contribution in [1.82, 2.24) is 10.6 Å². The van der Waals surface area contributed by atoms with E-state index in [-0.39, 0.29) is 11.9 Å². The lowest BCUT2D eigenvalue weighted by Gasteiger charge is -2.20. The Labute approximate surface area is 120 Å². The zero-order valence-corrected chi connectivity index (χ0v) is 12.7. The minimum atomic E-state index is -0.471. The van der Waals surface area contributed by atoms with Crippen LogP contribution in [0.15, 0.2) is 18.2 Å². The van der Waals surface area contributed by atoms with E-state index in [1.807, 2.05) is 19.2 Å². The summed E-state index contributed by atoms with van der Waals surface area (Å²) >= 11 is 0. The van der Waals surface area contributed by atoms with Crippen LogP contribution >= 0.6 is 0 Å². The van der Waals surface area contributed by atoms with Crippen LogP contribution in [0, 0.1) is 6.92 Å². The van der Waals surface area contributed by atoms with Crippen molar-refractivity contribution in [2.24, 2.45) is 0 Å². The summed E-state index contributed by atoms with van der Waals surface area (Å²) in [6, 6.07) is 6.60. The van der Waals surface area contributed by atoms with Crippen LogP contribution in [0.1, 0.15) is 43.9 Å². The van der Waals surface area contributed by atoms with Crippen LogP contribution < -0.4 is 15.4 Å². The monoisotopic (exact) mass is 276 g/mol. The highest BCUT2D eigenvalue weighted by Crippen LogP contribution is 2.27.